The van der Waals surface area contributed by atoms with Gasteiger partial charge in [-0.15, -0.1) is 0 Å². The minimum Gasteiger partial charge on any atom is -0.388 e. The Hall–Kier alpha value is -0.130. The molecule has 1 aliphatic heterocycles. The lowest BCUT2D eigenvalue weighted by atomic mass is 9.97. The maximum absolute atomic E-state index is 11.4. The molecule has 0 unspecified atom stereocenters. The fraction of sp³-hybridized carbons (Fsp3) is 1.00. The smallest absolute Gasteiger partial charge is 0.153 e. The van der Waals surface area contributed by atoms with Gasteiger partial charge in [0.15, 0.2) is 9.84 Å². The molecule has 1 N–H and O–H groups in total. The highest BCUT2D eigenvalue weighted by Gasteiger charge is 2.36. The van der Waals surface area contributed by atoms with Crippen LogP contribution in [0, 0.1) is 0 Å². The SMILES string of the molecule is CC(C)S(=O)(=O)CCN1CC(C)(O)C1. The Morgan fingerprint density at radius 2 is 1.93 bits per heavy atom. The van der Waals surface area contributed by atoms with Gasteiger partial charge in [0.1, 0.15) is 0 Å². The van der Waals surface area contributed by atoms with Gasteiger partial charge in [0.25, 0.3) is 0 Å². The summed E-state index contributed by atoms with van der Waals surface area (Å²) >= 11 is 0. The van der Waals surface area contributed by atoms with Gasteiger partial charge in [-0.2, -0.15) is 0 Å². The van der Waals surface area contributed by atoms with Crippen LogP contribution in [0.3, 0.4) is 0 Å². The van der Waals surface area contributed by atoms with Gasteiger partial charge in [0.05, 0.1) is 16.6 Å². The number of nitrogens with zero attached hydrogens (tertiary/aromatic N) is 1. The van der Waals surface area contributed by atoms with E-state index in [2.05, 4.69) is 0 Å². The molecule has 4 nitrogen and oxygen atoms in total. The van der Waals surface area contributed by atoms with Crippen molar-refractivity contribution in [3.63, 3.8) is 0 Å². The van der Waals surface area contributed by atoms with Crippen molar-refractivity contribution in [1.29, 1.82) is 0 Å². The number of β-amino-alcohol motifs (C(OH)–C–C–N with tert-alkyl or cyclic N) is 1. The number of hydrogen-bond acceptors (Lipinski definition) is 4. The molecule has 1 fully saturated rings. The molecule has 0 atom stereocenters. The first-order valence-corrected chi connectivity index (χ1v) is 6.61. The topological polar surface area (TPSA) is 57.6 Å². The number of hydrogen-bond donors (Lipinski definition) is 1. The number of aliphatic hydroxyl groups is 1. The van der Waals surface area contributed by atoms with Crippen LogP contribution in [0.25, 0.3) is 0 Å². The zero-order valence-corrected chi connectivity index (χ0v) is 9.84. The van der Waals surface area contributed by atoms with Crippen LogP contribution in [0.1, 0.15) is 20.8 Å². The Morgan fingerprint density at radius 3 is 2.29 bits per heavy atom. The minimum absolute atomic E-state index is 0.195. The van der Waals surface area contributed by atoms with Gasteiger partial charge in [-0.25, -0.2) is 8.42 Å². The van der Waals surface area contributed by atoms with Crippen LogP contribution in [0.5, 0.6) is 0 Å². The van der Waals surface area contributed by atoms with E-state index >= 15 is 0 Å². The van der Waals surface area contributed by atoms with E-state index in [1.165, 1.54) is 0 Å². The first-order chi connectivity index (χ1) is 6.23. The van der Waals surface area contributed by atoms with Crippen LogP contribution in [0.15, 0.2) is 0 Å². The van der Waals surface area contributed by atoms with E-state index in [1.807, 2.05) is 4.90 Å². The van der Waals surface area contributed by atoms with Gasteiger partial charge in [-0.05, 0) is 20.8 Å². The molecule has 1 rings (SSSR count). The molecule has 1 saturated heterocycles. The van der Waals surface area contributed by atoms with Crippen LogP contribution in [-0.2, 0) is 9.84 Å². The third kappa shape index (κ3) is 2.93. The maximum atomic E-state index is 11.4. The van der Waals surface area contributed by atoms with Crippen LogP contribution in [-0.4, -0.2) is 54.7 Å². The first kappa shape index (κ1) is 11.9. The lowest BCUT2D eigenvalue weighted by molar-refractivity contribution is -0.0803. The molecular formula is C9H19NO3S. The Bertz CT molecular complexity index is 287. The predicted octanol–water partition coefficient (Wildman–Crippen LogP) is -0.124. The van der Waals surface area contributed by atoms with Crippen molar-refractivity contribution in [2.75, 3.05) is 25.4 Å². The molecule has 0 radical (unpaired) electrons. The molecule has 5 heteroatoms. The van der Waals surface area contributed by atoms with Crippen LogP contribution >= 0.6 is 0 Å². The molecule has 84 valence electrons. The standard InChI is InChI=1S/C9H19NO3S/c1-8(2)14(12,13)5-4-10-6-9(3,11)7-10/h8,11H,4-7H2,1-3H3. The Morgan fingerprint density at radius 1 is 1.43 bits per heavy atom. The predicted molar refractivity (Wildman–Crippen MR) is 56.0 cm³/mol. The van der Waals surface area contributed by atoms with E-state index < -0.39 is 15.4 Å². The minimum atomic E-state index is -2.93. The lowest BCUT2D eigenvalue weighted by Crippen LogP contribution is -2.60. The van der Waals surface area contributed by atoms with Crippen molar-refractivity contribution in [3.05, 3.63) is 0 Å². The second-order valence-electron chi connectivity index (χ2n) is 4.62. The summed E-state index contributed by atoms with van der Waals surface area (Å²) in [6, 6.07) is 0. The molecule has 0 spiro atoms. The van der Waals surface area contributed by atoms with Crippen molar-refractivity contribution >= 4 is 9.84 Å². The number of likely N-dealkylation sites (tertiary alicyclic amines) is 1. The van der Waals surface area contributed by atoms with E-state index in [9.17, 15) is 13.5 Å². The highest BCUT2D eigenvalue weighted by atomic mass is 32.2. The Labute approximate surface area is 85.8 Å². The van der Waals surface area contributed by atoms with E-state index in [1.54, 1.807) is 20.8 Å². The molecule has 0 aromatic heterocycles. The fourth-order valence-corrected chi connectivity index (χ4v) is 2.55. The average molecular weight is 221 g/mol. The Balaban J connectivity index is 2.30. The fourth-order valence-electron chi connectivity index (χ4n) is 1.57. The van der Waals surface area contributed by atoms with Crippen molar-refractivity contribution in [2.45, 2.75) is 31.6 Å². The third-order valence-corrected chi connectivity index (χ3v) is 4.73. The van der Waals surface area contributed by atoms with E-state index in [0.717, 1.165) is 0 Å². The first-order valence-electron chi connectivity index (χ1n) is 4.89. The summed E-state index contributed by atoms with van der Waals surface area (Å²) in [6.45, 7) is 6.86. The zero-order chi connectivity index (χ0) is 11.0. The van der Waals surface area contributed by atoms with Crippen molar-refractivity contribution < 1.29 is 13.5 Å². The van der Waals surface area contributed by atoms with Gasteiger partial charge in [-0.1, -0.05) is 0 Å². The zero-order valence-electron chi connectivity index (χ0n) is 9.02. The summed E-state index contributed by atoms with van der Waals surface area (Å²) in [5.74, 6) is 0.195. The summed E-state index contributed by atoms with van der Waals surface area (Å²) in [5, 5.41) is 9.13. The summed E-state index contributed by atoms with van der Waals surface area (Å²) < 4.78 is 22.9. The second-order valence-corrected chi connectivity index (χ2v) is 7.30. The molecule has 0 saturated carbocycles. The van der Waals surface area contributed by atoms with Gasteiger partial charge >= 0.3 is 0 Å². The van der Waals surface area contributed by atoms with Crippen LogP contribution in [0.4, 0.5) is 0 Å². The molecule has 0 aromatic rings. The molecule has 0 aliphatic carbocycles. The largest absolute Gasteiger partial charge is 0.388 e. The number of sulfone groups is 1. The van der Waals surface area contributed by atoms with Gasteiger partial charge < -0.3 is 5.11 Å². The summed E-state index contributed by atoms with van der Waals surface area (Å²) in [7, 11) is -2.93. The molecule has 0 amide bonds. The van der Waals surface area contributed by atoms with E-state index in [4.69, 9.17) is 0 Å². The molecule has 14 heavy (non-hydrogen) atoms. The third-order valence-electron chi connectivity index (χ3n) is 2.54. The van der Waals surface area contributed by atoms with Crippen molar-refractivity contribution in [1.82, 2.24) is 4.90 Å². The van der Waals surface area contributed by atoms with Crippen molar-refractivity contribution in [3.8, 4) is 0 Å². The maximum Gasteiger partial charge on any atom is 0.153 e. The molecule has 0 bridgehead atoms. The van der Waals surface area contributed by atoms with Crippen LogP contribution in [0.2, 0.25) is 0 Å². The highest BCUT2D eigenvalue weighted by Crippen LogP contribution is 2.19. The summed E-state index contributed by atoms with van der Waals surface area (Å²) in [4.78, 5) is 1.96. The van der Waals surface area contributed by atoms with Gasteiger partial charge in [0.2, 0.25) is 0 Å². The molecule has 1 aliphatic rings. The Kier molecular flexibility index (Phi) is 3.23. The highest BCUT2D eigenvalue weighted by molar-refractivity contribution is 7.92. The van der Waals surface area contributed by atoms with E-state index in [0.29, 0.717) is 19.6 Å². The lowest BCUT2D eigenvalue weighted by Gasteiger charge is -2.44. The monoisotopic (exact) mass is 221 g/mol. The van der Waals surface area contributed by atoms with E-state index in [-0.39, 0.29) is 11.0 Å². The molecule has 0 aromatic carbocycles. The summed E-state index contributed by atoms with van der Waals surface area (Å²) in [5.41, 5.74) is -0.610. The molecule has 1 heterocycles. The van der Waals surface area contributed by atoms with Crippen LogP contribution < -0.4 is 0 Å². The summed E-state index contributed by atoms with van der Waals surface area (Å²) in [6.07, 6.45) is 0. The van der Waals surface area contributed by atoms with Crippen molar-refractivity contribution in [2.24, 2.45) is 0 Å². The van der Waals surface area contributed by atoms with Gasteiger partial charge in [0, 0.05) is 19.6 Å². The molecular weight excluding hydrogens is 202 g/mol. The second kappa shape index (κ2) is 3.79. The van der Waals surface area contributed by atoms with Gasteiger partial charge in [-0.3, -0.25) is 4.90 Å². The average Bonchev–Trinajstić information content (AvgIpc) is 1.96. The number of rotatable bonds is 4. The normalized spacial score (nSPS) is 22.4. The quantitative estimate of drug-likeness (QED) is 0.719.